The zero-order valence-corrected chi connectivity index (χ0v) is 11.8. The Bertz CT molecular complexity index is 557. The fraction of sp³-hybridized carbons (Fsp3) is 0.0714. The van der Waals surface area contributed by atoms with Crippen LogP contribution in [0.3, 0.4) is 0 Å². The van der Waals surface area contributed by atoms with E-state index < -0.39 is 0 Å². The van der Waals surface area contributed by atoms with Crippen LogP contribution in [0.2, 0.25) is 5.02 Å². The number of benzene rings is 2. The summed E-state index contributed by atoms with van der Waals surface area (Å²) in [5.74, 6) is -0.145. The van der Waals surface area contributed by atoms with Gasteiger partial charge >= 0.3 is 0 Å². The van der Waals surface area contributed by atoms with E-state index in [2.05, 4.69) is 21.2 Å². The van der Waals surface area contributed by atoms with Crippen molar-refractivity contribution in [2.24, 2.45) is 0 Å². The molecule has 0 aliphatic rings. The van der Waals surface area contributed by atoms with Gasteiger partial charge in [-0.2, -0.15) is 0 Å². The molecule has 0 radical (unpaired) electrons. The van der Waals surface area contributed by atoms with E-state index in [0.29, 0.717) is 17.1 Å². The zero-order chi connectivity index (χ0) is 13.0. The highest BCUT2D eigenvalue weighted by Gasteiger charge is 2.10. The molecule has 2 nitrogen and oxygen atoms in total. The van der Waals surface area contributed by atoms with Crippen molar-refractivity contribution in [2.75, 3.05) is 0 Å². The predicted octanol–water partition coefficient (Wildman–Crippen LogP) is 4.03. The number of carbonyl (C=O) groups is 1. The van der Waals surface area contributed by atoms with E-state index >= 15 is 0 Å². The molecule has 2 aromatic rings. The molecule has 1 N–H and O–H groups in total. The van der Waals surface area contributed by atoms with Gasteiger partial charge in [-0.15, -0.1) is 0 Å². The lowest BCUT2D eigenvalue weighted by atomic mass is 10.2. The lowest BCUT2D eigenvalue weighted by Crippen LogP contribution is -2.23. The van der Waals surface area contributed by atoms with Crippen molar-refractivity contribution in [3.8, 4) is 0 Å². The lowest BCUT2D eigenvalue weighted by Gasteiger charge is -2.07. The summed E-state index contributed by atoms with van der Waals surface area (Å²) in [6.07, 6.45) is 0. The fourth-order valence-corrected chi connectivity index (χ4v) is 2.14. The van der Waals surface area contributed by atoms with Gasteiger partial charge in [0.05, 0.1) is 5.56 Å². The molecule has 2 rings (SSSR count). The van der Waals surface area contributed by atoms with Gasteiger partial charge in [0.1, 0.15) is 0 Å². The molecule has 0 fully saturated rings. The van der Waals surface area contributed by atoms with Crippen LogP contribution in [0.15, 0.2) is 53.0 Å². The monoisotopic (exact) mass is 323 g/mol. The average Bonchev–Trinajstić information content (AvgIpc) is 2.40. The number of hydrogen-bond acceptors (Lipinski definition) is 1. The van der Waals surface area contributed by atoms with Crippen LogP contribution < -0.4 is 5.32 Å². The first-order valence-corrected chi connectivity index (χ1v) is 6.61. The minimum Gasteiger partial charge on any atom is -0.348 e. The second-order valence-electron chi connectivity index (χ2n) is 3.79. The molecular weight excluding hydrogens is 314 g/mol. The largest absolute Gasteiger partial charge is 0.348 e. The summed E-state index contributed by atoms with van der Waals surface area (Å²) in [6.45, 7) is 0.499. The summed E-state index contributed by atoms with van der Waals surface area (Å²) in [7, 11) is 0. The molecule has 0 heterocycles. The van der Waals surface area contributed by atoms with E-state index in [1.54, 1.807) is 18.2 Å². The molecule has 0 saturated carbocycles. The number of rotatable bonds is 3. The summed E-state index contributed by atoms with van der Waals surface area (Å²) in [5, 5.41) is 3.40. The Labute approximate surface area is 119 Å². The Morgan fingerprint density at radius 2 is 1.89 bits per heavy atom. The standard InChI is InChI=1S/C14H11BrClNO/c15-13-7-6-11(16)8-12(13)14(18)17-9-10-4-2-1-3-5-10/h1-8H,9H2,(H,17,18). The van der Waals surface area contributed by atoms with Crippen LogP contribution in [0.5, 0.6) is 0 Å². The second-order valence-corrected chi connectivity index (χ2v) is 5.08. The summed E-state index contributed by atoms with van der Waals surface area (Å²) in [6, 6.07) is 14.9. The third-order valence-electron chi connectivity index (χ3n) is 2.47. The minimum absolute atomic E-state index is 0.145. The lowest BCUT2D eigenvalue weighted by molar-refractivity contribution is 0.0950. The Morgan fingerprint density at radius 1 is 1.17 bits per heavy atom. The van der Waals surface area contributed by atoms with E-state index in [9.17, 15) is 4.79 Å². The fourth-order valence-electron chi connectivity index (χ4n) is 1.54. The molecular formula is C14H11BrClNO. The highest BCUT2D eigenvalue weighted by atomic mass is 79.9. The van der Waals surface area contributed by atoms with E-state index in [4.69, 9.17) is 11.6 Å². The number of carbonyl (C=O) groups excluding carboxylic acids is 1. The van der Waals surface area contributed by atoms with Gasteiger partial charge in [-0.1, -0.05) is 41.9 Å². The van der Waals surface area contributed by atoms with Crippen LogP contribution in [0, 0.1) is 0 Å². The third kappa shape index (κ3) is 3.34. The van der Waals surface area contributed by atoms with Gasteiger partial charge in [0, 0.05) is 16.0 Å². The quantitative estimate of drug-likeness (QED) is 0.907. The smallest absolute Gasteiger partial charge is 0.252 e. The summed E-state index contributed by atoms with van der Waals surface area (Å²) >= 11 is 9.22. The predicted molar refractivity (Wildman–Crippen MR) is 76.8 cm³/mol. The molecule has 0 aromatic heterocycles. The van der Waals surface area contributed by atoms with E-state index in [-0.39, 0.29) is 5.91 Å². The molecule has 2 aromatic carbocycles. The molecule has 0 saturated heterocycles. The van der Waals surface area contributed by atoms with Crippen molar-refractivity contribution in [1.29, 1.82) is 0 Å². The van der Waals surface area contributed by atoms with E-state index in [1.165, 1.54) is 0 Å². The molecule has 0 aliphatic heterocycles. The van der Waals surface area contributed by atoms with Crippen LogP contribution in [0.1, 0.15) is 15.9 Å². The van der Waals surface area contributed by atoms with Crippen molar-refractivity contribution >= 4 is 33.4 Å². The highest BCUT2D eigenvalue weighted by molar-refractivity contribution is 9.10. The van der Waals surface area contributed by atoms with Gasteiger partial charge in [0.15, 0.2) is 0 Å². The van der Waals surface area contributed by atoms with Gasteiger partial charge in [0.2, 0.25) is 0 Å². The van der Waals surface area contributed by atoms with Crippen LogP contribution in [-0.4, -0.2) is 5.91 Å². The Morgan fingerprint density at radius 3 is 2.61 bits per heavy atom. The van der Waals surface area contributed by atoms with Crippen molar-refractivity contribution in [3.63, 3.8) is 0 Å². The van der Waals surface area contributed by atoms with Crippen molar-refractivity contribution < 1.29 is 4.79 Å². The maximum absolute atomic E-state index is 12.0. The van der Waals surface area contributed by atoms with Crippen LogP contribution in [0.4, 0.5) is 0 Å². The van der Waals surface area contributed by atoms with Gasteiger partial charge in [-0.25, -0.2) is 0 Å². The first-order valence-electron chi connectivity index (χ1n) is 5.44. The number of halogens is 2. The third-order valence-corrected chi connectivity index (χ3v) is 3.40. The van der Waals surface area contributed by atoms with Crippen molar-refractivity contribution in [2.45, 2.75) is 6.54 Å². The number of hydrogen-bond donors (Lipinski definition) is 1. The maximum atomic E-state index is 12.0. The molecule has 4 heteroatoms. The Kier molecular flexibility index (Phi) is 4.39. The summed E-state index contributed by atoms with van der Waals surface area (Å²) < 4.78 is 0.734. The first-order chi connectivity index (χ1) is 8.66. The maximum Gasteiger partial charge on any atom is 0.252 e. The zero-order valence-electron chi connectivity index (χ0n) is 9.49. The Balaban J connectivity index is 2.06. The highest BCUT2D eigenvalue weighted by Crippen LogP contribution is 2.21. The van der Waals surface area contributed by atoms with Gasteiger partial charge in [-0.05, 0) is 39.7 Å². The molecule has 0 bridgehead atoms. The molecule has 0 unspecified atom stereocenters. The average molecular weight is 325 g/mol. The van der Waals surface area contributed by atoms with Crippen molar-refractivity contribution in [1.82, 2.24) is 5.32 Å². The summed E-state index contributed by atoms with van der Waals surface area (Å²) in [5.41, 5.74) is 1.60. The molecule has 0 atom stereocenters. The van der Waals surface area contributed by atoms with Crippen LogP contribution in [0.25, 0.3) is 0 Å². The molecule has 18 heavy (non-hydrogen) atoms. The molecule has 0 aliphatic carbocycles. The van der Waals surface area contributed by atoms with Crippen molar-refractivity contribution in [3.05, 3.63) is 69.2 Å². The topological polar surface area (TPSA) is 29.1 Å². The van der Waals surface area contributed by atoms with E-state index in [0.717, 1.165) is 10.0 Å². The number of nitrogens with one attached hydrogen (secondary N) is 1. The first kappa shape index (κ1) is 13.1. The second kappa shape index (κ2) is 6.03. The normalized spacial score (nSPS) is 10.1. The van der Waals surface area contributed by atoms with Gasteiger partial charge in [0.25, 0.3) is 5.91 Å². The molecule has 92 valence electrons. The van der Waals surface area contributed by atoms with Crippen LogP contribution in [-0.2, 0) is 6.54 Å². The van der Waals surface area contributed by atoms with E-state index in [1.807, 2.05) is 30.3 Å². The SMILES string of the molecule is O=C(NCc1ccccc1)c1cc(Cl)ccc1Br. The molecule has 1 amide bonds. The Hall–Kier alpha value is -1.32. The number of amides is 1. The summed E-state index contributed by atoms with van der Waals surface area (Å²) in [4.78, 5) is 12.0. The van der Waals surface area contributed by atoms with Gasteiger partial charge in [-0.3, -0.25) is 4.79 Å². The van der Waals surface area contributed by atoms with Crippen LogP contribution >= 0.6 is 27.5 Å². The van der Waals surface area contributed by atoms with Gasteiger partial charge < -0.3 is 5.32 Å². The molecule has 0 spiro atoms. The minimum atomic E-state index is -0.145.